The molecule has 0 saturated heterocycles. The lowest BCUT2D eigenvalue weighted by Gasteiger charge is -2.44. The first-order chi connectivity index (χ1) is 15.1. The van der Waals surface area contributed by atoms with Crippen LogP contribution in [0.1, 0.15) is 58.2 Å². The van der Waals surface area contributed by atoms with Crippen LogP contribution in [0.15, 0.2) is 72.8 Å². The second kappa shape index (κ2) is 6.78. The lowest BCUT2D eigenvalue weighted by atomic mass is 9.59. The fraction of sp³-hybridized carbons (Fsp3) is 0.323. The summed E-state index contributed by atoms with van der Waals surface area (Å²) in [4.78, 5) is 5.32. The van der Waals surface area contributed by atoms with Crippen molar-refractivity contribution in [1.82, 2.24) is 4.98 Å². The monoisotopic (exact) mass is 419 g/mol. The van der Waals surface area contributed by atoms with Gasteiger partial charge in [0.25, 0.3) is 0 Å². The molecule has 0 amide bonds. The van der Waals surface area contributed by atoms with Gasteiger partial charge in [-0.3, -0.25) is 0 Å². The van der Waals surface area contributed by atoms with Crippen LogP contribution in [0, 0.1) is 12.3 Å². The number of benzene rings is 3. The summed E-state index contributed by atoms with van der Waals surface area (Å²) in [6, 6.07) is 26.0. The molecule has 0 fully saturated rings. The van der Waals surface area contributed by atoms with Gasteiger partial charge in [0.15, 0.2) is 0 Å². The number of nitrogens with zero attached hydrogens (tertiary/aromatic N) is 1. The Balaban J connectivity index is 1.89. The average Bonchev–Trinajstić information content (AvgIpc) is 2.88. The number of aromatic nitrogens is 1. The molecule has 0 unspecified atom stereocenters. The lowest BCUT2D eigenvalue weighted by Crippen LogP contribution is -2.42. The van der Waals surface area contributed by atoms with E-state index in [4.69, 9.17) is 4.98 Å². The molecule has 0 spiro atoms. The van der Waals surface area contributed by atoms with E-state index in [9.17, 15) is 0 Å². The van der Waals surface area contributed by atoms with Gasteiger partial charge in [-0.15, -0.1) is 0 Å². The van der Waals surface area contributed by atoms with Crippen LogP contribution in [0.5, 0.6) is 0 Å². The Morgan fingerprint density at radius 2 is 1.22 bits per heavy atom. The Morgan fingerprint density at radius 3 is 1.81 bits per heavy atom. The van der Waals surface area contributed by atoms with Crippen LogP contribution in [-0.2, 0) is 10.8 Å². The highest BCUT2D eigenvalue weighted by Gasteiger charge is 2.57. The summed E-state index contributed by atoms with van der Waals surface area (Å²) in [5.41, 5.74) is 10.3. The van der Waals surface area contributed by atoms with Gasteiger partial charge in [-0.1, -0.05) is 102 Å². The maximum atomic E-state index is 5.32. The zero-order valence-electron chi connectivity index (χ0n) is 20.4. The molecule has 1 aliphatic rings. The first-order valence-electron chi connectivity index (χ1n) is 11.7. The van der Waals surface area contributed by atoms with Crippen LogP contribution in [0.2, 0.25) is 0 Å². The van der Waals surface area contributed by atoms with Crippen LogP contribution >= 0.6 is 0 Å². The molecule has 3 aromatic carbocycles. The van der Waals surface area contributed by atoms with Crippen molar-refractivity contribution in [2.45, 2.75) is 59.3 Å². The quantitative estimate of drug-likeness (QED) is 0.317. The second-order valence-corrected chi connectivity index (χ2v) is 11.0. The fourth-order valence-corrected chi connectivity index (χ4v) is 5.87. The maximum Gasteiger partial charge on any atom is 0.0788 e. The van der Waals surface area contributed by atoms with Crippen LogP contribution in [0.4, 0.5) is 0 Å². The van der Waals surface area contributed by atoms with E-state index in [0.29, 0.717) is 0 Å². The molecule has 0 radical (unpaired) electrons. The van der Waals surface area contributed by atoms with E-state index in [-0.39, 0.29) is 16.2 Å². The third-order valence-corrected chi connectivity index (χ3v) is 8.94. The van der Waals surface area contributed by atoms with Gasteiger partial charge in [0.05, 0.1) is 11.2 Å². The molecule has 4 aromatic rings. The summed E-state index contributed by atoms with van der Waals surface area (Å²) in [5.74, 6) is 0. The van der Waals surface area contributed by atoms with Gasteiger partial charge in [-0.05, 0) is 57.6 Å². The Bertz CT molecular complexity index is 1330. The van der Waals surface area contributed by atoms with Crippen molar-refractivity contribution in [3.63, 3.8) is 0 Å². The van der Waals surface area contributed by atoms with Crippen molar-refractivity contribution in [3.05, 3.63) is 89.5 Å². The molecule has 0 atom stereocenters. The fourth-order valence-electron chi connectivity index (χ4n) is 5.87. The van der Waals surface area contributed by atoms with E-state index in [1.807, 2.05) is 0 Å². The van der Waals surface area contributed by atoms with Gasteiger partial charge in [0.2, 0.25) is 0 Å². The SMILES string of the molecule is Cc1c2c(cc3nc(-c4ccccc4)c(-c4ccccc4)cc13)C(C)(C)C(C)(C)C2(C)C. The molecule has 1 aliphatic carbocycles. The first kappa shape index (κ1) is 20.9. The first-order valence-corrected chi connectivity index (χ1v) is 11.7. The highest BCUT2D eigenvalue weighted by Crippen LogP contribution is 2.63. The number of pyridine rings is 1. The Morgan fingerprint density at radius 1 is 0.656 bits per heavy atom. The molecule has 1 nitrogen and oxygen atoms in total. The van der Waals surface area contributed by atoms with Crippen LogP contribution in [0.25, 0.3) is 33.3 Å². The zero-order chi connectivity index (χ0) is 22.9. The minimum absolute atomic E-state index is 0.0669. The van der Waals surface area contributed by atoms with Crippen molar-refractivity contribution in [1.29, 1.82) is 0 Å². The van der Waals surface area contributed by atoms with Crippen molar-refractivity contribution >= 4 is 10.9 Å². The molecule has 0 N–H and O–H groups in total. The average molecular weight is 420 g/mol. The molecule has 0 saturated carbocycles. The van der Waals surface area contributed by atoms with Crippen molar-refractivity contribution in [3.8, 4) is 22.4 Å². The maximum absolute atomic E-state index is 5.32. The van der Waals surface area contributed by atoms with Crippen molar-refractivity contribution < 1.29 is 0 Å². The van der Waals surface area contributed by atoms with Gasteiger partial charge in [-0.2, -0.15) is 0 Å². The number of rotatable bonds is 2. The molecule has 1 aromatic heterocycles. The Hall–Kier alpha value is -2.93. The highest BCUT2D eigenvalue weighted by atomic mass is 14.7. The van der Waals surface area contributed by atoms with Crippen molar-refractivity contribution in [2.24, 2.45) is 5.41 Å². The summed E-state index contributed by atoms with van der Waals surface area (Å²) in [7, 11) is 0. The summed E-state index contributed by atoms with van der Waals surface area (Å²) < 4.78 is 0. The molecular weight excluding hydrogens is 386 g/mol. The smallest absolute Gasteiger partial charge is 0.0788 e. The second-order valence-electron chi connectivity index (χ2n) is 11.0. The third kappa shape index (κ3) is 2.67. The number of hydrogen-bond donors (Lipinski definition) is 0. The molecule has 1 heterocycles. The lowest BCUT2D eigenvalue weighted by molar-refractivity contribution is 0.125. The normalized spacial score (nSPS) is 18.0. The number of fused-ring (bicyclic) bond motifs is 2. The van der Waals surface area contributed by atoms with E-state index in [1.54, 1.807) is 0 Å². The minimum Gasteiger partial charge on any atom is -0.247 e. The predicted molar refractivity (Wildman–Crippen MR) is 137 cm³/mol. The summed E-state index contributed by atoms with van der Waals surface area (Å²) in [6.45, 7) is 16.8. The standard InChI is InChI=1S/C31H33N/c1-20-23-18-24(21-14-10-8-11-15-21)28(22-16-12-9-13-17-22)32-26(23)19-25-27(20)30(4,5)31(6,7)29(25,2)3/h8-19H,1-7H3. The molecular formula is C31H33N. The molecule has 1 heteroatoms. The van der Waals surface area contributed by atoms with Gasteiger partial charge in [0.1, 0.15) is 0 Å². The topological polar surface area (TPSA) is 12.9 Å². The molecule has 5 rings (SSSR count). The van der Waals surface area contributed by atoms with E-state index >= 15 is 0 Å². The minimum atomic E-state index is 0.0669. The summed E-state index contributed by atoms with van der Waals surface area (Å²) in [6.07, 6.45) is 0. The van der Waals surface area contributed by atoms with Crippen LogP contribution in [-0.4, -0.2) is 4.98 Å². The molecule has 0 bridgehead atoms. The van der Waals surface area contributed by atoms with Gasteiger partial charge in [0, 0.05) is 16.5 Å². The van der Waals surface area contributed by atoms with Gasteiger partial charge in [-0.25, -0.2) is 4.98 Å². The van der Waals surface area contributed by atoms with Gasteiger partial charge < -0.3 is 0 Å². The Labute approximate surface area is 192 Å². The number of aryl methyl sites for hydroxylation is 1. The zero-order valence-corrected chi connectivity index (χ0v) is 20.4. The summed E-state index contributed by atoms with van der Waals surface area (Å²) in [5, 5.41) is 1.27. The molecule has 32 heavy (non-hydrogen) atoms. The Kier molecular flexibility index (Phi) is 4.44. The molecule has 162 valence electrons. The van der Waals surface area contributed by atoms with Crippen molar-refractivity contribution in [2.75, 3.05) is 0 Å². The summed E-state index contributed by atoms with van der Waals surface area (Å²) >= 11 is 0. The number of hydrogen-bond acceptors (Lipinski definition) is 1. The largest absolute Gasteiger partial charge is 0.247 e. The van der Waals surface area contributed by atoms with Crippen LogP contribution in [0.3, 0.4) is 0 Å². The van der Waals surface area contributed by atoms with E-state index < -0.39 is 0 Å². The highest BCUT2D eigenvalue weighted by molar-refractivity contribution is 5.95. The van der Waals surface area contributed by atoms with Crippen LogP contribution < -0.4 is 0 Å². The van der Waals surface area contributed by atoms with E-state index in [2.05, 4.69) is 121 Å². The molecule has 0 aliphatic heterocycles. The third-order valence-electron chi connectivity index (χ3n) is 8.94. The van der Waals surface area contributed by atoms with E-state index in [0.717, 1.165) is 16.8 Å². The van der Waals surface area contributed by atoms with Gasteiger partial charge >= 0.3 is 0 Å². The van der Waals surface area contributed by atoms with E-state index in [1.165, 1.54) is 33.2 Å². The predicted octanol–water partition coefficient (Wildman–Crippen LogP) is 8.47.